The molecule has 2 heterocycles. The molecular formula is C23H26N4O4. The molecule has 2 aliphatic rings. The second kappa shape index (κ2) is 9.07. The van der Waals surface area contributed by atoms with Crippen LogP contribution in [0.3, 0.4) is 0 Å². The molecule has 1 atom stereocenters. The number of ether oxygens (including phenoxy) is 1. The van der Waals surface area contributed by atoms with Crippen molar-refractivity contribution in [1.82, 2.24) is 10.2 Å². The number of piperazine rings is 1. The van der Waals surface area contributed by atoms with Crippen LogP contribution >= 0.6 is 0 Å². The van der Waals surface area contributed by atoms with E-state index in [1.165, 1.54) is 0 Å². The summed E-state index contributed by atoms with van der Waals surface area (Å²) >= 11 is 0. The first kappa shape index (κ1) is 20.7. The van der Waals surface area contributed by atoms with Crippen molar-refractivity contribution in [3.05, 3.63) is 54.1 Å². The van der Waals surface area contributed by atoms with Crippen LogP contribution in [0, 0.1) is 0 Å². The molecule has 0 spiro atoms. The van der Waals surface area contributed by atoms with E-state index < -0.39 is 6.04 Å². The number of methoxy groups -OCH3 is 1. The van der Waals surface area contributed by atoms with Crippen molar-refractivity contribution in [2.75, 3.05) is 43.5 Å². The van der Waals surface area contributed by atoms with Gasteiger partial charge in [0.1, 0.15) is 11.8 Å². The predicted octanol–water partition coefficient (Wildman–Crippen LogP) is 1.87. The summed E-state index contributed by atoms with van der Waals surface area (Å²) in [6.07, 6.45) is 0.459. The zero-order valence-electron chi connectivity index (χ0n) is 17.5. The minimum Gasteiger partial charge on any atom is -0.495 e. The highest BCUT2D eigenvalue weighted by atomic mass is 16.5. The van der Waals surface area contributed by atoms with Gasteiger partial charge in [-0.2, -0.15) is 0 Å². The number of hydrogen-bond acceptors (Lipinski definition) is 5. The number of nitrogens with zero attached hydrogens (tertiary/aromatic N) is 2. The SMILES string of the molecule is COc1ccccc1N1CCN(C(=O)CC[C@H]2NC(=O)c3ccccc3NC2=O)CC1. The lowest BCUT2D eigenvalue weighted by Crippen LogP contribution is -2.49. The first-order valence-electron chi connectivity index (χ1n) is 10.4. The Morgan fingerprint density at radius 3 is 2.52 bits per heavy atom. The molecule has 0 aromatic heterocycles. The lowest BCUT2D eigenvalue weighted by atomic mass is 10.1. The number of benzene rings is 2. The summed E-state index contributed by atoms with van der Waals surface area (Å²) in [6.45, 7) is 2.63. The Morgan fingerprint density at radius 2 is 1.74 bits per heavy atom. The largest absolute Gasteiger partial charge is 0.495 e. The van der Waals surface area contributed by atoms with Gasteiger partial charge in [0.05, 0.1) is 24.0 Å². The van der Waals surface area contributed by atoms with E-state index in [1.54, 1.807) is 31.4 Å². The van der Waals surface area contributed by atoms with E-state index in [2.05, 4.69) is 15.5 Å². The maximum absolute atomic E-state index is 12.7. The Kier molecular flexibility index (Phi) is 6.06. The number of para-hydroxylation sites is 3. The van der Waals surface area contributed by atoms with Gasteiger partial charge in [0, 0.05) is 32.6 Å². The minimum absolute atomic E-state index is 0.0107. The summed E-state index contributed by atoms with van der Waals surface area (Å²) in [5.74, 6) is 0.200. The van der Waals surface area contributed by atoms with Gasteiger partial charge in [-0.3, -0.25) is 14.4 Å². The number of carbonyl (C=O) groups excluding carboxylic acids is 3. The molecule has 1 fully saturated rings. The second-order valence-corrected chi connectivity index (χ2v) is 7.64. The molecule has 31 heavy (non-hydrogen) atoms. The van der Waals surface area contributed by atoms with Gasteiger partial charge < -0.3 is 25.2 Å². The number of amides is 3. The molecule has 2 N–H and O–H groups in total. The molecule has 8 nitrogen and oxygen atoms in total. The molecule has 3 amide bonds. The van der Waals surface area contributed by atoms with Gasteiger partial charge >= 0.3 is 0 Å². The van der Waals surface area contributed by atoms with Gasteiger partial charge in [0.2, 0.25) is 11.8 Å². The van der Waals surface area contributed by atoms with Gasteiger partial charge in [-0.15, -0.1) is 0 Å². The highest BCUT2D eigenvalue weighted by Crippen LogP contribution is 2.28. The van der Waals surface area contributed by atoms with Crippen LogP contribution in [0.4, 0.5) is 11.4 Å². The standard InChI is InChI=1S/C23H26N4O4/c1-31-20-9-5-4-8-19(20)26-12-14-27(15-13-26)21(28)11-10-18-23(30)24-17-7-3-2-6-16(17)22(29)25-18/h2-9,18H,10-15H2,1H3,(H,24,30)(H,25,29)/t18-/m1/s1. The van der Waals surface area contributed by atoms with Crippen molar-refractivity contribution in [2.24, 2.45) is 0 Å². The zero-order chi connectivity index (χ0) is 21.8. The van der Waals surface area contributed by atoms with Crippen LogP contribution in [-0.4, -0.2) is 62.0 Å². The topological polar surface area (TPSA) is 91.0 Å². The number of anilines is 2. The third-order valence-electron chi connectivity index (χ3n) is 5.76. The van der Waals surface area contributed by atoms with Gasteiger partial charge in [-0.1, -0.05) is 24.3 Å². The maximum Gasteiger partial charge on any atom is 0.254 e. The summed E-state index contributed by atoms with van der Waals surface area (Å²) in [5.41, 5.74) is 1.94. The molecule has 0 aliphatic carbocycles. The summed E-state index contributed by atoms with van der Waals surface area (Å²) in [4.78, 5) is 41.7. The smallest absolute Gasteiger partial charge is 0.254 e. The molecule has 1 saturated heterocycles. The van der Waals surface area contributed by atoms with Gasteiger partial charge in [0.15, 0.2) is 0 Å². The number of nitrogens with one attached hydrogen (secondary N) is 2. The van der Waals surface area contributed by atoms with Crippen molar-refractivity contribution in [2.45, 2.75) is 18.9 Å². The van der Waals surface area contributed by atoms with Crippen LogP contribution in [0.2, 0.25) is 0 Å². The van der Waals surface area contributed by atoms with E-state index in [0.717, 1.165) is 11.4 Å². The summed E-state index contributed by atoms with van der Waals surface area (Å²) in [6, 6.07) is 14.0. The number of carbonyl (C=O) groups is 3. The van der Waals surface area contributed by atoms with Crippen molar-refractivity contribution in [3.63, 3.8) is 0 Å². The highest BCUT2D eigenvalue weighted by molar-refractivity contribution is 6.09. The van der Waals surface area contributed by atoms with Crippen molar-refractivity contribution >= 4 is 29.1 Å². The normalized spacial score (nSPS) is 18.5. The van der Waals surface area contributed by atoms with Gasteiger partial charge in [-0.25, -0.2) is 0 Å². The zero-order valence-corrected chi connectivity index (χ0v) is 17.5. The van der Waals surface area contributed by atoms with E-state index >= 15 is 0 Å². The summed E-state index contributed by atoms with van der Waals surface area (Å²) in [5, 5.41) is 5.52. The first-order valence-corrected chi connectivity index (χ1v) is 10.4. The van der Waals surface area contributed by atoms with Crippen molar-refractivity contribution < 1.29 is 19.1 Å². The van der Waals surface area contributed by atoms with Crippen LogP contribution in [0.15, 0.2) is 48.5 Å². The molecule has 4 rings (SSSR count). The van der Waals surface area contributed by atoms with Crippen LogP contribution in [0.25, 0.3) is 0 Å². The van der Waals surface area contributed by atoms with E-state index in [0.29, 0.717) is 37.4 Å². The first-order chi connectivity index (χ1) is 15.1. The van der Waals surface area contributed by atoms with Crippen molar-refractivity contribution in [3.8, 4) is 5.75 Å². The Labute approximate surface area is 181 Å². The number of hydrogen-bond donors (Lipinski definition) is 2. The minimum atomic E-state index is -0.737. The van der Waals surface area contributed by atoms with Crippen LogP contribution in [-0.2, 0) is 9.59 Å². The molecule has 2 aliphatic heterocycles. The molecule has 8 heteroatoms. The quantitative estimate of drug-likeness (QED) is 0.768. The van der Waals surface area contributed by atoms with E-state index in [4.69, 9.17) is 4.74 Å². The molecular weight excluding hydrogens is 396 g/mol. The summed E-state index contributed by atoms with van der Waals surface area (Å²) in [7, 11) is 1.65. The molecule has 2 aromatic rings. The Morgan fingerprint density at radius 1 is 1.03 bits per heavy atom. The van der Waals surface area contributed by atoms with Crippen LogP contribution < -0.4 is 20.3 Å². The molecule has 162 valence electrons. The van der Waals surface area contributed by atoms with Crippen molar-refractivity contribution in [1.29, 1.82) is 0 Å². The Hall–Kier alpha value is -3.55. The highest BCUT2D eigenvalue weighted by Gasteiger charge is 2.29. The van der Waals surface area contributed by atoms with E-state index in [-0.39, 0.29) is 30.6 Å². The predicted molar refractivity (Wildman–Crippen MR) is 117 cm³/mol. The fraction of sp³-hybridized carbons (Fsp3) is 0.348. The lowest BCUT2D eigenvalue weighted by Gasteiger charge is -2.36. The Balaban J connectivity index is 1.31. The third-order valence-corrected chi connectivity index (χ3v) is 5.76. The van der Waals surface area contributed by atoms with Gasteiger partial charge in [-0.05, 0) is 30.7 Å². The van der Waals surface area contributed by atoms with E-state index in [1.807, 2.05) is 29.2 Å². The maximum atomic E-state index is 12.7. The summed E-state index contributed by atoms with van der Waals surface area (Å²) < 4.78 is 5.44. The molecule has 0 unspecified atom stereocenters. The fourth-order valence-corrected chi connectivity index (χ4v) is 4.03. The monoisotopic (exact) mass is 422 g/mol. The third kappa shape index (κ3) is 4.47. The Bertz CT molecular complexity index is 985. The second-order valence-electron chi connectivity index (χ2n) is 7.64. The van der Waals surface area contributed by atoms with Crippen LogP contribution in [0.1, 0.15) is 23.2 Å². The average Bonchev–Trinajstić information content (AvgIpc) is 2.93. The molecule has 0 bridgehead atoms. The van der Waals surface area contributed by atoms with E-state index in [9.17, 15) is 14.4 Å². The van der Waals surface area contributed by atoms with Gasteiger partial charge in [0.25, 0.3) is 5.91 Å². The molecule has 0 saturated carbocycles. The lowest BCUT2D eigenvalue weighted by molar-refractivity contribution is -0.131. The fourth-order valence-electron chi connectivity index (χ4n) is 4.03. The number of rotatable bonds is 5. The molecule has 0 radical (unpaired) electrons. The number of fused-ring (bicyclic) bond motifs is 1. The molecule has 2 aromatic carbocycles. The van der Waals surface area contributed by atoms with Crippen LogP contribution in [0.5, 0.6) is 5.75 Å². The average molecular weight is 422 g/mol.